The molecule has 0 saturated carbocycles. The first-order chi connectivity index (χ1) is 9.42. The number of hydrogen-bond donors (Lipinski definition) is 2. The molecule has 0 radical (unpaired) electrons. The number of hydrogen-bond acceptors (Lipinski definition) is 4. The number of aromatic hydroxyl groups is 1. The Bertz CT molecular complexity index is 645. The van der Waals surface area contributed by atoms with Crippen molar-refractivity contribution in [1.29, 1.82) is 0 Å². The molecule has 2 rings (SSSR count). The van der Waals surface area contributed by atoms with Crippen molar-refractivity contribution < 1.29 is 9.84 Å². The van der Waals surface area contributed by atoms with Gasteiger partial charge in [-0.3, -0.25) is 9.78 Å². The number of nitrogens with one attached hydrogen (secondary N) is 1. The van der Waals surface area contributed by atoms with Gasteiger partial charge in [0.1, 0.15) is 17.0 Å². The summed E-state index contributed by atoms with van der Waals surface area (Å²) < 4.78 is 5.27. The average molecular weight is 274 g/mol. The number of benzene rings is 1. The fourth-order valence-electron chi connectivity index (χ4n) is 1.89. The maximum Gasteiger partial charge on any atom is 0.272 e. The lowest BCUT2D eigenvalue weighted by Gasteiger charge is -2.21. The maximum atomic E-state index is 12.1. The van der Waals surface area contributed by atoms with Gasteiger partial charge in [0, 0.05) is 25.4 Å². The number of rotatable bonds is 4. The third-order valence-electron chi connectivity index (χ3n) is 3.25. The van der Waals surface area contributed by atoms with E-state index in [1.54, 1.807) is 51.4 Å². The van der Waals surface area contributed by atoms with Crippen molar-refractivity contribution in [2.24, 2.45) is 0 Å². The van der Waals surface area contributed by atoms with Crippen molar-refractivity contribution in [2.45, 2.75) is 25.9 Å². The maximum absolute atomic E-state index is 12.1. The number of phenols is 1. The van der Waals surface area contributed by atoms with Crippen molar-refractivity contribution in [2.75, 3.05) is 7.11 Å². The van der Waals surface area contributed by atoms with E-state index in [2.05, 4.69) is 9.97 Å². The summed E-state index contributed by atoms with van der Waals surface area (Å²) in [5.74, 6) is 0.220. The molecular weight excluding hydrogens is 256 g/mol. The summed E-state index contributed by atoms with van der Waals surface area (Å²) in [7, 11) is 1.55. The molecule has 1 heterocycles. The van der Waals surface area contributed by atoms with Gasteiger partial charge in [-0.15, -0.1) is 0 Å². The summed E-state index contributed by atoms with van der Waals surface area (Å²) >= 11 is 0. The molecule has 0 spiro atoms. The SMILES string of the molecule is COC(C)(C)c1ncc(Cc2ccc(O)cc2)[nH]c1=O. The molecule has 0 aliphatic carbocycles. The zero-order valence-electron chi connectivity index (χ0n) is 11.8. The fraction of sp³-hybridized carbons (Fsp3) is 0.333. The summed E-state index contributed by atoms with van der Waals surface area (Å²) in [5.41, 5.74) is 1.10. The fourth-order valence-corrected chi connectivity index (χ4v) is 1.89. The molecule has 2 N–H and O–H groups in total. The van der Waals surface area contributed by atoms with Crippen LogP contribution in [0.1, 0.15) is 30.8 Å². The van der Waals surface area contributed by atoms with Crippen LogP contribution in [0.2, 0.25) is 0 Å². The summed E-state index contributed by atoms with van der Waals surface area (Å²) in [4.78, 5) is 19.1. The summed E-state index contributed by atoms with van der Waals surface area (Å²) in [6.45, 7) is 3.59. The van der Waals surface area contributed by atoms with Crippen molar-refractivity contribution in [3.63, 3.8) is 0 Å². The van der Waals surface area contributed by atoms with Crippen LogP contribution in [0.4, 0.5) is 0 Å². The zero-order valence-corrected chi connectivity index (χ0v) is 11.8. The van der Waals surface area contributed by atoms with E-state index in [1.165, 1.54) is 0 Å². The molecule has 20 heavy (non-hydrogen) atoms. The van der Waals surface area contributed by atoms with Gasteiger partial charge in [0.25, 0.3) is 5.56 Å². The molecule has 0 fully saturated rings. The predicted octanol–water partition coefficient (Wildman–Crippen LogP) is 1.95. The Morgan fingerprint density at radius 2 is 1.95 bits per heavy atom. The van der Waals surface area contributed by atoms with Gasteiger partial charge >= 0.3 is 0 Å². The number of phenolic OH excluding ortho intramolecular Hbond substituents is 1. The van der Waals surface area contributed by atoms with Gasteiger partial charge < -0.3 is 14.8 Å². The number of aromatic nitrogens is 2. The van der Waals surface area contributed by atoms with E-state index >= 15 is 0 Å². The van der Waals surface area contributed by atoms with Crippen molar-refractivity contribution in [1.82, 2.24) is 9.97 Å². The molecule has 0 aliphatic heterocycles. The van der Waals surface area contributed by atoms with Crippen LogP contribution in [0, 0.1) is 0 Å². The normalized spacial score (nSPS) is 11.6. The van der Waals surface area contributed by atoms with E-state index in [0.29, 0.717) is 12.1 Å². The average Bonchev–Trinajstić information content (AvgIpc) is 2.41. The highest BCUT2D eigenvalue weighted by Crippen LogP contribution is 2.18. The van der Waals surface area contributed by atoms with Gasteiger partial charge in [-0.25, -0.2) is 0 Å². The van der Waals surface area contributed by atoms with Crippen LogP contribution in [-0.2, 0) is 16.8 Å². The van der Waals surface area contributed by atoms with Gasteiger partial charge in [-0.05, 0) is 31.5 Å². The minimum absolute atomic E-state index is 0.220. The molecule has 0 saturated heterocycles. The highest BCUT2D eigenvalue weighted by atomic mass is 16.5. The first-order valence-electron chi connectivity index (χ1n) is 6.34. The Kier molecular flexibility index (Phi) is 3.90. The number of nitrogens with zero attached hydrogens (tertiary/aromatic N) is 1. The van der Waals surface area contributed by atoms with Crippen LogP contribution in [0.25, 0.3) is 0 Å². The molecule has 1 aromatic carbocycles. The Labute approximate surface area is 117 Å². The van der Waals surface area contributed by atoms with Crippen LogP contribution >= 0.6 is 0 Å². The third-order valence-corrected chi connectivity index (χ3v) is 3.25. The van der Waals surface area contributed by atoms with Crippen LogP contribution in [-0.4, -0.2) is 22.2 Å². The van der Waals surface area contributed by atoms with Gasteiger partial charge in [-0.1, -0.05) is 12.1 Å². The molecule has 106 valence electrons. The highest BCUT2D eigenvalue weighted by Gasteiger charge is 2.24. The molecule has 0 atom stereocenters. The van der Waals surface area contributed by atoms with Gasteiger partial charge in [-0.2, -0.15) is 0 Å². The van der Waals surface area contributed by atoms with E-state index in [-0.39, 0.29) is 11.3 Å². The number of methoxy groups -OCH3 is 1. The quantitative estimate of drug-likeness (QED) is 0.893. The molecule has 0 aliphatic rings. The first kappa shape index (κ1) is 14.3. The van der Waals surface area contributed by atoms with Crippen molar-refractivity contribution >= 4 is 0 Å². The molecule has 5 nitrogen and oxygen atoms in total. The third kappa shape index (κ3) is 3.05. The van der Waals surface area contributed by atoms with Crippen LogP contribution < -0.4 is 5.56 Å². The highest BCUT2D eigenvalue weighted by molar-refractivity contribution is 5.28. The molecule has 0 amide bonds. The van der Waals surface area contributed by atoms with Gasteiger partial charge in [0.15, 0.2) is 0 Å². The molecule has 5 heteroatoms. The standard InChI is InChI=1S/C15H18N2O3/c1-15(2,20-3)13-14(19)17-11(9-16-13)8-10-4-6-12(18)7-5-10/h4-7,9,18H,8H2,1-3H3,(H,17,19). The van der Waals surface area contributed by atoms with Crippen molar-refractivity contribution in [3.05, 3.63) is 57.8 Å². The van der Waals surface area contributed by atoms with Gasteiger partial charge in [0.2, 0.25) is 0 Å². The lowest BCUT2D eigenvalue weighted by atomic mass is 10.1. The molecule has 0 unspecified atom stereocenters. The number of aromatic amines is 1. The minimum Gasteiger partial charge on any atom is -0.508 e. The van der Waals surface area contributed by atoms with Crippen LogP contribution in [0.5, 0.6) is 5.75 Å². The number of ether oxygens (including phenoxy) is 1. The van der Waals surface area contributed by atoms with Gasteiger partial charge in [0.05, 0.1) is 0 Å². The summed E-state index contributed by atoms with van der Waals surface area (Å²) in [6.07, 6.45) is 2.20. The Morgan fingerprint density at radius 3 is 2.50 bits per heavy atom. The minimum atomic E-state index is -0.718. The Balaban J connectivity index is 2.26. The topological polar surface area (TPSA) is 75.2 Å². The lowest BCUT2D eigenvalue weighted by molar-refractivity contribution is 0.0141. The molecule has 1 aromatic heterocycles. The van der Waals surface area contributed by atoms with E-state index < -0.39 is 5.60 Å². The predicted molar refractivity (Wildman–Crippen MR) is 75.8 cm³/mol. The van der Waals surface area contributed by atoms with Crippen LogP contribution in [0.3, 0.4) is 0 Å². The molecular formula is C15H18N2O3. The lowest BCUT2D eigenvalue weighted by Crippen LogP contribution is -2.31. The summed E-state index contributed by atoms with van der Waals surface area (Å²) in [5, 5.41) is 9.24. The van der Waals surface area contributed by atoms with Crippen molar-refractivity contribution in [3.8, 4) is 5.75 Å². The largest absolute Gasteiger partial charge is 0.508 e. The Hall–Kier alpha value is -2.14. The molecule has 2 aromatic rings. The summed E-state index contributed by atoms with van der Waals surface area (Å²) in [6, 6.07) is 6.84. The van der Waals surface area contributed by atoms with E-state index in [1.807, 2.05) is 0 Å². The second-order valence-corrected chi connectivity index (χ2v) is 5.14. The number of H-pyrrole nitrogens is 1. The smallest absolute Gasteiger partial charge is 0.272 e. The monoisotopic (exact) mass is 274 g/mol. The first-order valence-corrected chi connectivity index (χ1v) is 6.34. The zero-order chi connectivity index (χ0) is 14.8. The Morgan fingerprint density at radius 1 is 1.30 bits per heavy atom. The van der Waals surface area contributed by atoms with E-state index in [4.69, 9.17) is 4.74 Å². The second-order valence-electron chi connectivity index (χ2n) is 5.14. The molecule has 0 bridgehead atoms. The van der Waals surface area contributed by atoms with E-state index in [0.717, 1.165) is 11.3 Å². The van der Waals surface area contributed by atoms with Crippen LogP contribution in [0.15, 0.2) is 35.3 Å². The van der Waals surface area contributed by atoms with E-state index in [9.17, 15) is 9.90 Å². The second kappa shape index (κ2) is 5.46.